The summed E-state index contributed by atoms with van der Waals surface area (Å²) in [6, 6.07) is 0. The molecule has 0 amide bonds. The number of aliphatic hydroxyl groups excluding tert-OH is 1. The summed E-state index contributed by atoms with van der Waals surface area (Å²) in [5, 5.41) is 9.56. The maximum atomic E-state index is 12.1. The fourth-order valence-corrected chi connectivity index (χ4v) is 4.50. The molecule has 1 N–H and O–H groups in total. The molecule has 0 aliphatic carbocycles. The smallest absolute Gasteiger partial charge is 0.306 e. The number of aliphatic hydroxyl groups is 1. The first-order chi connectivity index (χ1) is 24.2. The maximum absolute atomic E-state index is 12.1. The normalized spacial score (nSPS) is 13.8. The van der Waals surface area contributed by atoms with Crippen molar-refractivity contribution in [2.75, 3.05) is 19.8 Å². The van der Waals surface area contributed by atoms with Crippen LogP contribution >= 0.6 is 0 Å². The molecule has 0 bridgehead atoms. The third-order valence-corrected chi connectivity index (χ3v) is 7.28. The molecule has 4 nitrogen and oxygen atoms in total. The Balaban J connectivity index is 3.66. The maximum Gasteiger partial charge on any atom is 0.306 e. The monoisotopic (exact) mass is 675 g/mol. The summed E-state index contributed by atoms with van der Waals surface area (Å²) < 4.78 is 11.1. The molecule has 49 heavy (non-hydrogen) atoms. The van der Waals surface area contributed by atoms with Gasteiger partial charge in [0, 0.05) is 13.0 Å². The van der Waals surface area contributed by atoms with Crippen LogP contribution in [-0.2, 0) is 14.3 Å². The van der Waals surface area contributed by atoms with Gasteiger partial charge in [-0.05, 0) is 103 Å². The van der Waals surface area contributed by atoms with E-state index in [1.165, 1.54) is 0 Å². The van der Waals surface area contributed by atoms with Crippen molar-refractivity contribution in [3.05, 3.63) is 122 Å². The Labute approximate surface area is 301 Å². The van der Waals surface area contributed by atoms with Crippen LogP contribution in [0, 0.1) is 0 Å². The summed E-state index contributed by atoms with van der Waals surface area (Å²) in [5.74, 6) is -0.260. The van der Waals surface area contributed by atoms with Gasteiger partial charge in [-0.15, -0.1) is 0 Å². The molecule has 0 spiro atoms. The van der Waals surface area contributed by atoms with E-state index in [1.54, 1.807) is 0 Å². The van der Waals surface area contributed by atoms with E-state index in [0.29, 0.717) is 13.0 Å². The SMILES string of the molecule is CC/C=C\C/C=C\C/C=C\C/C=C\C/C=C\C/C=C\CCCCCOCC(CO)OC(=O)CCCC/C=C\C/C=C\C/C=C\C/C=C\CC. The summed E-state index contributed by atoms with van der Waals surface area (Å²) in [4.78, 5) is 12.1. The van der Waals surface area contributed by atoms with Gasteiger partial charge in [-0.25, -0.2) is 0 Å². The van der Waals surface area contributed by atoms with E-state index in [0.717, 1.165) is 109 Å². The van der Waals surface area contributed by atoms with Crippen molar-refractivity contribution in [2.24, 2.45) is 0 Å². The molecule has 0 fully saturated rings. The first kappa shape index (κ1) is 45.8. The molecule has 0 saturated carbocycles. The number of allylic oxidation sites excluding steroid dienone is 20. The molecule has 0 aliphatic heterocycles. The molecular weight excluding hydrogens is 604 g/mol. The first-order valence-corrected chi connectivity index (χ1v) is 19.1. The van der Waals surface area contributed by atoms with Crippen LogP contribution in [0.4, 0.5) is 0 Å². The van der Waals surface area contributed by atoms with Crippen molar-refractivity contribution in [1.29, 1.82) is 0 Å². The van der Waals surface area contributed by atoms with Crippen molar-refractivity contribution >= 4 is 5.97 Å². The predicted octanol–water partition coefficient (Wildman–Crippen LogP) is 12.5. The number of esters is 1. The molecule has 274 valence electrons. The van der Waals surface area contributed by atoms with Gasteiger partial charge in [0.05, 0.1) is 13.2 Å². The topological polar surface area (TPSA) is 55.8 Å². The van der Waals surface area contributed by atoms with Crippen LogP contribution in [0.3, 0.4) is 0 Å². The van der Waals surface area contributed by atoms with Gasteiger partial charge in [0.2, 0.25) is 0 Å². The summed E-state index contributed by atoms with van der Waals surface area (Å²) >= 11 is 0. The minimum absolute atomic E-state index is 0.212. The zero-order valence-corrected chi connectivity index (χ0v) is 31.1. The summed E-state index contributed by atoms with van der Waals surface area (Å²) in [7, 11) is 0. The molecule has 1 atom stereocenters. The average molecular weight is 675 g/mol. The van der Waals surface area contributed by atoms with Gasteiger partial charge in [-0.2, -0.15) is 0 Å². The van der Waals surface area contributed by atoms with Gasteiger partial charge in [0.25, 0.3) is 0 Å². The van der Waals surface area contributed by atoms with Crippen molar-refractivity contribution in [2.45, 2.75) is 136 Å². The quantitative estimate of drug-likeness (QED) is 0.0428. The van der Waals surface area contributed by atoms with Crippen molar-refractivity contribution in [1.82, 2.24) is 0 Å². The molecule has 0 aromatic heterocycles. The first-order valence-electron chi connectivity index (χ1n) is 19.1. The molecule has 0 heterocycles. The van der Waals surface area contributed by atoms with Crippen molar-refractivity contribution in [3.63, 3.8) is 0 Å². The Hall–Kier alpha value is -3.21. The highest BCUT2D eigenvalue weighted by Crippen LogP contribution is 2.07. The summed E-state index contributed by atoms with van der Waals surface area (Å²) in [5.41, 5.74) is 0. The Kier molecular flexibility index (Phi) is 38.3. The van der Waals surface area contributed by atoms with E-state index < -0.39 is 6.10 Å². The molecule has 0 aromatic rings. The van der Waals surface area contributed by atoms with E-state index >= 15 is 0 Å². The van der Waals surface area contributed by atoms with Crippen LogP contribution < -0.4 is 0 Å². The molecule has 0 saturated heterocycles. The van der Waals surface area contributed by atoms with E-state index in [9.17, 15) is 9.90 Å². The molecular formula is C45H70O4. The molecule has 0 radical (unpaired) electrons. The zero-order valence-electron chi connectivity index (χ0n) is 31.1. The molecule has 4 heteroatoms. The number of hydrogen-bond donors (Lipinski definition) is 1. The van der Waals surface area contributed by atoms with Crippen LogP contribution in [0.25, 0.3) is 0 Å². The minimum Gasteiger partial charge on any atom is -0.457 e. The second-order valence-corrected chi connectivity index (χ2v) is 11.9. The zero-order chi connectivity index (χ0) is 35.6. The lowest BCUT2D eigenvalue weighted by atomic mass is 10.2. The number of ether oxygens (including phenoxy) is 2. The molecule has 0 rings (SSSR count). The minimum atomic E-state index is -0.583. The van der Waals surface area contributed by atoms with Gasteiger partial charge in [0.1, 0.15) is 6.10 Å². The second kappa shape index (κ2) is 41.0. The highest BCUT2D eigenvalue weighted by Gasteiger charge is 2.13. The standard InChI is InChI=1S/C45H70O4/c1-3-5-7-9-11-13-15-17-19-20-21-22-23-24-25-27-29-31-33-35-37-39-41-48-43-44(42-46)49-45(47)40-38-36-34-32-30-28-26-18-16-14-12-10-8-6-4-2/h5-8,11-14,17-19,21-22,24-26,29-32,44,46H,3-4,9-10,15-16,20,23,27-28,33-43H2,1-2H3/b7-5-,8-6-,13-11-,14-12-,19-17-,22-21-,25-24-,26-18-,31-29-,32-30-. The lowest BCUT2D eigenvalue weighted by Gasteiger charge is -2.15. The Morgan fingerprint density at radius 3 is 1.24 bits per heavy atom. The Bertz CT molecular complexity index is 1020. The highest BCUT2D eigenvalue weighted by atomic mass is 16.6. The molecule has 0 aromatic carbocycles. The summed E-state index contributed by atoms with van der Waals surface area (Å²) in [6.45, 7) is 4.96. The highest BCUT2D eigenvalue weighted by molar-refractivity contribution is 5.69. The van der Waals surface area contributed by atoms with Crippen molar-refractivity contribution < 1.29 is 19.4 Å². The number of hydrogen-bond acceptors (Lipinski definition) is 4. The van der Waals surface area contributed by atoms with E-state index in [4.69, 9.17) is 9.47 Å². The Morgan fingerprint density at radius 2 is 0.857 bits per heavy atom. The second-order valence-electron chi connectivity index (χ2n) is 11.9. The third kappa shape index (κ3) is 39.1. The fourth-order valence-electron chi connectivity index (χ4n) is 4.50. The predicted molar refractivity (Wildman–Crippen MR) is 214 cm³/mol. The summed E-state index contributed by atoms with van der Waals surface area (Å²) in [6.07, 6.45) is 61.0. The average Bonchev–Trinajstić information content (AvgIpc) is 3.11. The van der Waals surface area contributed by atoms with Crippen LogP contribution in [0.5, 0.6) is 0 Å². The number of rotatable bonds is 33. The van der Waals surface area contributed by atoms with Crippen LogP contribution in [0.15, 0.2) is 122 Å². The van der Waals surface area contributed by atoms with E-state index in [2.05, 4.69) is 135 Å². The van der Waals surface area contributed by atoms with Gasteiger partial charge in [-0.1, -0.05) is 142 Å². The van der Waals surface area contributed by atoms with Crippen molar-refractivity contribution in [3.8, 4) is 0 Å². The van der Waals surface area contributed by atoms with Gasteiger partial charge in [0.15, 0.2) is 0 Å². The van der Waals surface area contributed by atoms with Crippen LogP contribution in [0.2, 0.25) is 0 Å². The number of carbonyl (C=O) groups excluding carboxylic acids is 1. The molecule has 0 aliphatic rings. The third-order valence-electron chi connectivity index (χ3n) is 7.28. The van der Waals surface area contributed by atoms with Gasteiger partial charge >= 0.3 is 5.97 Å². The lowest BCUT2D eigenvalue weighted by molar-refractivity contribution is -0.154. The van der Waals surface area contributed by atoms with E-state index in [-0.39, 0.29) is 19.2 Å². The molecule has 1 unspecified atom stereocenters. The Morgan fingerprint density at radius 1 is 0.490 bits per heavy atom. The van der Waals surface area contributed by atoms with Crippen LogP contribution in [-0.4, -0.2) is 37.0 Å². The van der Waals surface area contributed by atoms with Gasteiger partial charge < -0.3 is 14.6 Å². The number of unbranched alkanes of at least 4 members (excludes halogenated alkanes) is 5. The van der Waals surface area contributed by atoms with E-state index in [1.807, 2.05) is 0 Å². The fraction of sp³-hybridized carbons (Fsp3) is 0.533. The number of carbonyl (C=O) groups is 1. The van der Waals surface area contributed by atoms with Gasteiger partial charge in [-0.3, -0.25) is 4.79 Å². The largest absolute Gasteiger partial charge is 0.457 e. The van der Waals surface area contributed by atoms with Crippen LogP contribution in [0.1, 0.15) is 129 Å². The lowest BCUT2D eigenvalue weighted by Crippen LogP contribution is -2.27.